The summed E-state index contributed by atoms with van der Waals surface area (Å²) in [6.07, 6.45) is 0.448. The van der Waals surface area contributed by atoms with E-state index in [1.807, 2.05) is 30.3 Å². The molecular formula is C14H15ClN2O2S. The number of rotatable bonds is 5. The summed E-state index contributed by atoms with van der Waals surface area (Å²) in [5.41, 5.74) is 7.35. The zero-order valence-corrected chi connectivity index (χ0v) is 12.3. The molecule has 0 saturated carbocycles. The van der Waals surface area contributed by atoms with Gasteiger partial charge < -0.3 is 5.73 Å². The Balaban J connectivity index is 2.04. The van der Waals surface area contributed by atoms with Crippen LogP contribution in [-0.2, 0) is 16.4 Å². The van der Waals surface area contributed by atoms with Crippen LogP contribution in [-0.4, -0.2) is 14.2 Å². The molecule has 0 radical (unpaired) electrons. The maximum Gasteiger partial charge on any atom is 0.233 e. The molecule has 2 aromatic rings. The van der Waals surface area contributed by atoms with Gasteiger partial charge in [0.25, 0.3) is 0 Å². The third kappa shape index (κ3) is 4.15. The first kappa shape index (κ1) is 14.7. The van der Waals surface area contributed by atoms with Crippen LogP contribution in [0.1, 0.15) is 5.56 Å². The van der Waals surface area contributed by atoms with E-state index in [0.29, 0.717) is 22.8 Å². The molecule has 0 saturated heterocycles. The lowest BCUT2D eigenvalue weighted by molar-refractivity contribution is 0.600. The van der Waals surface area contributed by atoms with Crippen LogP contribution in [0.5, 0.6) is 0 Å². The second-order valence-electron chi connectivity index (χ2n) is 4.39. The van der Waals surface area contributed by atoms with E-state index in [9.17, 15) is 8.42 Å². The van der Waals surface area contributed by atoms with Gasteiger partial charge in [-0.3, -0.25) is 4.72 Å². The smallest absolute Gasteiger partial charge is 0.233 e. The fraction of sp³-hybridized carbons (Fsp3) is 0.143. The zero-order chi connectivity index (χ0) is 14.6. The van der Waals surface area contributed by atoms with Crippen molar-refractivity contribution < 1.29 is 8.42 Å². The largest absolute Gasteiger partial charge is 0.397 e. The number of hydrogen-bond donors (Lipinski definition) is 2. The lowest BCUT2D eigenvalue weighted by Crippen LogP contribution is -2.19. The van der Waals surface area contributed by atoms with Crippen molar-refractivity contribution in [3.63, 3.8) is 0 Å². The number of sulfonamides is 1. The van der Waals surface area contributed by atoms with Gasteiger partial charge in [-0.05, 0) is 30.2 Å². The molecule has 20 heavy (non-hydrogen) atoms. The Morgan fingerprint density at radius 3 is 2.45 bits per heavy atom. The molecule has 0 aromatic heterocycles. The van der Waals surface area contributed by atoms with Crippen LogP contribution in [0.2, 0.25) is 5.02 Å². The van der Waals surface area contributed by atoms with Gasteiger partial charge in [0.15, 0.2) is 0 Å². The highest BCUT2D eigenvalue weighted by Crippen LogP contribution is 2.23. The number of aryl methyl sites for hydroxylation is 1. The van der Waals surface area contributed by atoms with Crippen molar-refractivity contribution in [3.8, 4) is 0 Å². The van der Waals surface area contributed by atoms with Crippen molar-refractivity contribution >= 4 is 33.0 Å². The minimum atomic E-state index is -3.44. The van der Waals surface area contributed by atoms with Crippen LogP contribution in [0.25, 0.3) is 0 Å². The first-order chi connectivity index (χ1) is 9.46. The Hall–Kier alpha value is -1.72. The predicted molar refractivity (Wildman–Crippen MR) is 83.4 cm³/mol. The van der Waals surface area contributed by atoms with E-state index in [2.05, 4.69) is 4.72 Å². The number of anilines is 2. The quantitative estimate of drug-likeness (QED) is 0.834. The Labute approximate surface area is 123 Å². The number of nitrogens with two attached hydrogens (primary N) is 1. The topological polar surface area (TPSA) is 72.2 Å². The van der Waals surface area contributed by atoms with E-state index in [1.165, 1.54) is 6.07 Å². The molecule has 2 aromatic carbocycles. The van der Waals surface area contributed by atoms with Gasteiger partial charge >= 0.3 is 0 Å². The van der Waals surface area contributed by atoms with Gasteiger partial charge in [0.05, 0.1) is 17.1 Å². The highest BCUT2D eigenvalue weighted by molar-refractivity contribution is 7.92. The highest BCUT2D eigenvalue weighted by Gasteiger charge is 2.12. The second-order valence-corrected chi connectivity index (χ2v) is 6.67. The number of halogens is 1. The van der Waals surface area contributed by atoms with Gasteiger partial charge in [-0.15, -0.1) is 0 Å². The summed E-state index contributed by atoms with van der Waals surface area (Å²) in [4.78, 5) is 0. The summed E-state index contributed by atoms with van der Waals surface area (Å²) in [5.74, 6) is -0.000913. The van der Waals surface area contributed by atoms with Crippen molar-refractivity contribution in [2.24, 2.45) is 0 Å². The summed E-state index contributed by atoms with van der Waals surface area (Å²) in [6, 6.07) is 14.1. The number of nitrogens with one attached hydrogen (secondary N) is 1. The van der Waals surface area contributed by atoms with Crippen molar-refractivity contribution in [1.82, 2.24) is 0 Å². The molecular weight excluding hydrogens is 296 g/mol. The molecule has 6 heteroatoms. The van der Waals surface area contributed by atoms with Gasteiger partial charge in [-0.2, -0.15) is 0 Å². The van der Waals surface area contributed by atoms with Crippen molar-refractivity contribution in [1.29, 1.82) is 0 Å². The van der Waals surface area contributed by atoms with E-state index in [1.54, 1.807) is 12.1 Å². The lowest BCUT2D eigenvalue weighted by atomic mass is 10.2. The minimum Gasteiger partial charge on any atom is -0.397 e. The summed E-state index contributed by atoms with van der Waals surface area (Å²) >= 11 is 5.77. The van der Waals surface area contributed by atoms with E-state index in [4.69, 9.17) is 17.3 Å². The minimum absolute atomic E-state index is 0.000913. The molecule has 0 spiro atoms. The average Bonchev–Trinajstić information content (AvgIpc) is 2.41. The van der Waals surface area contributed by atoms with Crippen molar-refractivity contribution in [2.45, 2.75) is 6.42 Å². The Bertz CT molecular complexity index is 688. The van der Waals surface area contributed by atoms with Crippen LogP contribution >= 0.6 is 11.6 Å². The molecule has 106 valence electrons. The molecule has 4 nitrogen and oxygen atoms in total. The standard InChI is InChI=1S/C14H15ClN2O2S/c15-12-6-7-14(13(16)10-12)17-20(18,19)9-8-11-4-2-1-3-5-11/h1-7,10,17H,8-9,16H2. The van der Waals surface area contributed by atoms with E-state index < -0.39 is 10.0 Å². The van der Waals surface area contributed by atoms with Gasteiger partial charge in [0.1, 0.15) is 0 Å². The summed E-state index contributed by atoms with van der Waals surface area (Å²) in [7, 11) is -3.44. The molecule has 0 bridgehead atoms. The van der Waals surface area contributed by atoms with Gasteiger partial charge in [0.2, 0.25) is 10.0 Å². The summed E-state index contributed by atoms with van der Waals surface area (Å²) < 4.78 is 26.5. The van der Waals surface area contributed by atoms with Crippen LogP contribution < -0.4 is 10.5 Å². The third-order valence-electron chi connectivity index (χ3n) is 2.78. The van der Waals surface area contributed by atoms with Crippen LogP contribution in [0.4, 0.5) is 11.4 Å². The monoisotopic (exact) mass is 310 g/mol. The number of benzene rings is 2. The molecule has 0 aliphatic carbocycles. The van der Waals surface area contributed by atoms with Crippen LogP contribution in [0.3, 0.4) is 0 Å². The summed E-state index contributed by atoms with van der Waals surface area (Å²) in [6.45, 7) is 0. The van der Waals surface area contributed by atoms with Gasteiger partial charge in [0, 0.05) is 5.02 Å². The first-order valence-electron chi connectivity index (χ1n) is 6.06. The molecule has 0 aliphatic rings. The molecule has 2 rings (SSSR count). The van der Waals surface area contributed by atoms with Crippen molar-refractivity contribution in [2.75, 3.05) is 16.2 Å². The third-order valence-corrected chi connectivity index (χ3v) is 4.29. The van der Waals surface area contributed by atoms with Crippen LogP contribution in [0.15, 0.2) is 48.5 Å². The molecule has 0 atom stereocenters. The Morgan fingerprint density at radius 1 is 1.10 bits per heavy atom. The molecule has 0 heterocycles. The average molecular weight is 311 g/mol. The zero-order valence-electron chi connectivity index (χ0n) is 10.7. The fourth-order valence-electron chi connectivity index (χ4n) is 1.74. The Morgan fingerprint density at radius 2 is 1.80 bits per heavy atom. The van der Waals surface area contributed by atoms with E-state index in [-0.39, 0.29) is 5.75 Å². The second kappa shape index (κ2) is 6.15. The predicted octanol–water partition coefficient (Wildman–Crippen LogP) is 2.91. The highest BCUT2D eigenvalue weighted by atomic mass is 35.5. The molecule has 0 fully saturated rings. The Kier molecular flexibility index (Phi) is 4.52. The normalized spacial score (nSPS) is 11.2. The lowest BCUT2D eigenvalue weighted by Gasteiger charge is -2.10. The molecule has 0 aliphatic heterocycles. The summed E-state index contributed by atoms with van der Waals surface area (Å²) in [5, 5.41) is 0.467. The van der Waals surface area contributed by atoms with Crippen molar-refractivity contribution in [3.05, 3.63) is 59.1 Å². The fourth-order valence-corrected chi connectivity index (χ4v) is 3.05. The number of nitrogen functional groups attached to an aromatic ring is 1. The maximum atomic E-state index is 12.0. The van der Waals surface area contributed by atoms with Gasteiger partial charge in [-0.1, -0.05) is 41.9 Å². The molecule has 0 amide bonds. The molecule has 0 unspecified atom stereocenters. The van der Waals surface area contributed by atoms with Gasteiger partial charge in [-0.25, -0.2) is 8.42 Å². The maximum absolute atomic E-state index is 12.0. The molecule has 3 N–H and O–H groups in total. The number of hydrogen-bond acceptors (Lipinski definition) is 3. The van der Waals surface area contributed by atoms with E-state index in [0.717, 1.165) is 5.56 Å². The SMILES string of the molecule is Nc1cc(Cl)ccc1NS(=O)(=O)CCc1ccccc1. The van der Waals surface area contributed by atoms with E-state index >= 15 is 0 Å². The first-order valence-corrected chi connectivity index (χ1v) is 8.09. The van der Waals surface area contributed by atoms with Crippen LogP contribution in [0, 0.1) is 0 Å².